The van der Waals surface area contributed by atoms with Gasteiger partial charge in [-0.15, -0.1) is 11.3 Å². The molecule has 36 heavy (non-hydrogen) atoms. The molecule has 0 spiro atoms. The zero-order valence-electron chi connectivity index (χ0n) is 19.6. The number of alkyl halides is 3. The Morgan fingerprint density at radius 2 is 1.67 bits per heavy atom. The molecule has 1 aromatic carbocycles. The van der Waals surface area contributed by atoms with E-state index in [0.717, 1.165) is 47.5 Å². The van der Waals surface area contributed by atoms with Crippen molar-refractivity contribution in [1.82, 2.24) is 15.0 Å². The van der Waals surface area contributed by atoms with Crippen LogP contribution in [-0.4, -0.2) is 47.0 Å². The number of para-hydroxylation sites is 1. The molecule has 1 aliphatic heterocycles. The van der Waals surface area contributed by atoms with Gasteiger partial charge in [0, 0.05) is 32.4 Å². The van der Waals surface area contributed by atoms with Gasteiger partial charge in [-0.2, -0.15) is 13.2 Å². The molecular formula is C25H23F3N6OS. The Kier molecular flexibility index (Phi) is 6.25. The average molecular weight is 513 g/mol. The van der Waals surface area contributed by atoms with Crippen LogP contribution in [0.1, 0.15) is 26.6 Å². The minimum absolute atomic E-state index is 0.278. The molecule has 0 radical (unpaired) electrons. The van der Waals surface area contributed by atoms with E-state index in [1.807, 2.05) is 18.2 Å². The molecule has 1 aliphatic rings. The lowest BCUT2D eigenvalue weighted by atomic mass is 10.1. The highest BCUT2D eigenvalue weighted by atomic mass is 32.1. The van der Waals surface area contributed by atoms with Crippen molar-refractivity contribution >= 4 is 44.8 Å². The van der Waals surface area contributed by atoms with Gasteiger partial charge >= 0.3 is 6.18 Å². The third-order valence-corrected chi connectivity index (χ3v) is 7.31. The van der Waals surface area contributed by atoms with Gasteiger partial charge in [-0.05, 0) is 43.7 Å². The second-order valence-electron chi connectivity index (χ2n) is 8.49. The number of anilines is 3. The topological polar surface area (TPSA) is 74.2 Å². The van der Waals surface area contributed by atoms with E-state index in [0.29, 0.717) is 34.2 Å². The average Bonchev–Trinajstić information content (AvgIpc) is 3.20. The van der Waals surface area contributed by atoms with Gasteiger partial charge in [0.1, 0.15) is 22.3 Å². The first-order valence-electron chi connectivity index (χ1n) is 11.4. The Labute approximate surface area is 209 Å². The number of thiophene rings is 1. The summed E-state index contributed by atoms with van der Waals surface area (Å²) in [6.07, 6.45) is -2.81. The van der Waals surface area contributed by atoms with Gasteiger partial charge in [-0.25, -0.2) is 15.0 Å². The van der Waals surface area contributed by atoms with Gasteiger partial charge in [0.15, 0.2) is 0 Å². The number of rotatable bonds is 4. The number of benzene rings is 1. The van der Waals surface area contributed by atoms with Crippen LogP contribution in [0.2, 0.25) is 0 Å². The van der Waals surface area contributed by atoms with Crippen LogP contribution in [0.3, 0.4) is 0 Å². The number of nitrogens with one attached hydrogen (secondary N) is 1. The third kappa shape index (κ3) is 4.58. The Balaban J connectivity index is 1.44. The summed E-state index contributed by atoms with van der Waals surface area (Å²) in [6.45, 7) is 6.51. The number of piperazine rings is 1. The molecule has 0 atom stereocenters. The Hall–Kier alpha value is -3.73. The molecule has 0 aliphatic carbocycles. The summed E-state index contributed by atoms with van der Waals surface area (Å²) >= 11 is 1.16. The first kappa shape index (κ1) is 24.0. The summed E-state index contributed by atoms with van der Waals surface area (Å²) in [5.41, 5.74) is -0.515. The lowest BCUT2D eigenvalue weighted by Gasteiger charge is -2.36. The zero-order chi connectivity index (χ0) is 25.4. The van der Waals surface area contributed by atoms with Crippen molar-refractivity contribution in [3.8, 4) is 0 Å². The molecule has 4 heterocycles. The number of amides is 1. The summed E-state index contributed by atoms with van der Waals surface area (Å²) in [5.74, 6) is 1.63. The van der Waals surface area contributed by atoms with E-state index < -0.39 is 17.6 Å². The predicted octanol–water partition coefficient (Wildman–Crippen LogP) is 5.30. The van der Waals surface area contributed by atoms with E-state index in [-0.39, 0.29) is 5.69 Å². The first-order valence-corrected chi connectivity index (χ1v) is 12.2. The molecule has 1 N–H and O–H groups in total. The van der Waals surface area contributed by atoms with Crippen molar-refractivity contribution in [3.05, 3.63) is 70.5 Å². The van der Waals surface area contributed by atoms with Crippen LogP contribution >= 0.6 is 11.3 Å². The van der Waals surface area contributed by atoms with Crippen molar-refractivity contribution in [2.75, 3.05) is 41.3 Å². The molecule has 0 saturated carbocycles. The molecule has 1 amide bonds. The molecule has 11 heteroatoms. The smallest absolute Gasteiger partial charge is 0.353 e. The Morgan fingerprint density at radius 1 is 0.972 bits per heavy atom. The van der Waals surface area contributed by atoms with Gasteiger partial charge < -0.3 is 15.1 Å². The van der Waals surface area contributed by atoms with Gasteiger partial charge in [-0.1, -0.05) is 18.2 Å². The molecule has 5 rings (SSSR count). The van der Waals surface area contributed by atoms with E-state index in [4.69, 9.17) is 4.98 Å². The maximum Gasteiger partial charge on any atom is 0.418 e. The van der Waals surface area contributed by atoms with E-state index in [1.165, 1.54) is 18.2 Å². The Bertz CT molecular complexity index is 1410. The lowest BCUT2D eigenvalue weighted by molar-refractivity contribution is -0.136. The number of pyridine rings is 1. The highest BCUT2D eigenvalue weighted by molar-refractivity contribution is 7.20. The predicted molar refractivity (Wildman–Crippen MR) is 135 cm³/mol. The number of aryl methyl sites for hydroxylation is 2. The molecule has 3 aromatic heterocycles. The monoisotopic (exact) mass is 512 g/mol. The van der Waals surface area contributed by atoms with Gasteiger partial charge in [0.2, 0.25) is 0 Å². The summed E-state index contributed by atoms with van der Waals surface area (Å²) in [7, 11) is 0. The molecule has 0 unspecified atom stereocenters. The number of aromatic nitrogens is 3. The largest absolute Gasteiger partial charge is 0.418 e. The number of hydrogen-bond donors (Lipinski definition) is 1. The fourth-order valence-electron chi connectivity index (χ4n) is 4.37. The minimum atomic E-state index is -4.58. The molecule has 186 valence electrons. The number of carbonyl (C=O) groups excluding carboxylic acids is 1. The maximum atomic E-state index is 13.4. The first-order chi connectivity index (χ1) is 17.2. The molecule has 0 bridgehead atoms. The summed E-state index contributed by atoms with van der Waals surface area (Å²) in [6, 6.07) is 10.8. The van der Waals surface area contributed by atoms with Crippen LogP contribution < -0.4 is 15.1 Å². The SMILES string of the molecule is Cc1nc(N2CCN(c3ccccn3)CC2)c2c(C)c(C(=O)Nc3ccccc3C(F)(F)F)sc2n1. The van der Waals surface area contributed by atoms with Gasteiger partial charge in [0.05, 0.1) is 21.5 Å². The molecule has 1 fully saturated rings. The van der Waals surface area contributed by atoms with E-state index in [2.05, 4.69) is 25.1 Å². The standard InChI is InChI=1S/C25H23F3N6OS/c1-15-20-22(34-13-11-33(12-14-34)19-9-5-6-10-29-19)30-16(2)31-24(20)36-21(15)23(35)32-18-8-4-3-7-17(18)25(26,27)28/h3-10H,11-14H2,1-2H3,(H,32,35). The van der Waals surface area contributed by atoms with Crippen LogP contribution in [0.25, 0.3) is 10.2 Å². The summed E-state index contributed by atoms with van der Waals surface area (Å²) in [4.78, 5) is 32.1. The van der Waals surface area contributed by atoms with Crippen molar-refractivity contribution in [2.45, 2.75) is 20.0 Å². The second kappa shape index (κ2) is 9.38. The highest BCUT2D eigenvalue weighted by Gasteiger charge is 2.34. The van der Waals surface area contributed by atoms with Crippen molar-refractivity contribution in [2.24, 2.45) is 0 Å². The number of nitrogens with zero attached hydrogens (tertiary/aromatic N) is 5. The van der Waals surface area contributed by atoms with Crippen molar-refractivity contribution in [3.63, 3.8) is 0 Å². The fraction of sp³-hybridized carbons (Fsp3) is 0.280. The van der Waals surface area contributed by atoms with Crippen molar-refractivity contribution in [1.29, 1.82) is 0 Å². The second-order valence-corrected chi connectivity index (χ2v) is 9.49. The normalized spacial score (nSPS) is 14.4. The minimum Gasteiger partial charge on any atom is -0.353 e. The molecule has 4 aromatic rings. The van der Waals surface area contributed by atoms with Crippen LogP contribution in [0.15, 0.2) is 48.7 Å². The third-order valence-electron chi connectivity index (χ3n) is 6.12. The summed E-state index contributed by atoms with van der Waals surface area (Å²) < 4.78 is 40.2. The van der Waals surface area contributed by atoms with Crippen LogP contribution in [0.5, 0.6) is 0 Å². The van der Waals surface area contributed by atoms with Crippen LogP contribution in [-0.2, 0) is 6.18 Å². The number of halogens is 3. The van der Waals surface area contributed by atoms with E-state index in [9.17, 15) is 18.0 Å². The highest BCUT2D eigenvalue weighted by Crippen LogP contribution is 2.38. The maximum absolute atomic E-state index is 13.4. The van der Waals surface area contributed by atoms with Crippen LogP contribution in [0.4, 0.5) is 30.5 Å². The van der Waals surface area contributed by atoms with Crippen molar-refractivity contribution < 1.29 is 18.0 Å². The molecular weight excluding hydrogens is 489 g/mol. The fourth-order valence-corrected chi connectivity index (χ4v) is 5.49. The Morgan fingerprint density at radius 3 is 2.36 bits per heavy atom. The molecule has 1 saturated heterocycles. The van der Waals surface area contributed by atoms with Gasteiger partial charge in [-0.3, -0.25) is 4.79 Å². The van der Waals surface area contributed by atoms with E-state index >= 15 is 0 Å². The quantitative estimate of drug-likeness (QED) is 0.400. The zero-order valence-corrected chi connectivity index (χ0v) is 20.5. The number of fused-ring (bicyclic) bond motifs is 1. The van der Waals surface area contributed by atoms with Crippen LogP contribution in [0, 0.1) is 13.8 Å². The lowest BCUT2D eigenvalue weighted by Crippen LogP contribution is -2.47. The number of hydrogen-bond acceptors (Lipinski definition) is 7. The van der Waals surface area contributed by atoms with Gasteiger partial charge in [0.25, 0.3) is 5.91 Å². The number of carbonyl (C=O) groups is 1. The summed E-state index contributed by atoms with van der Waals surface area (Å²) in [5, 5.41) is 3.20. The van der Waals surface area contributed by atoms with E-state index in [1.54, 1.807) is 20.0 Å². The molecule has 7 nitrogen and oxygen atoms in total.